The summed E-state index contributed by atoms with van der Waals surface area (Å²) in [5, 5.41) is 10.3. The molecule has 1 saturated heterocycles. The van der Waals surface area contributed by atoms with Gasteiger partial charge in [-0.2, -0.15) is 0 Å². The number of carbonyl (C=O) groups excluding carboxylic acids is 1. The molecule has 1 aliphatic rings. The molecule has 1 unspecified atom stereocenters. The molecule has 1 fully saturated rings. The molecule has 0 radical (unpaired) electrons. The zero-order valence-corrected chi connectivity index (χ0v) is 10.8. The number of benzene rings is 1. The third-order valence-electron chi connectivity index (χ3n) is 2.88. The van der Waals surface area contributed by atoms with Gasteiger partial charge in [0.25, 0.3) is 0 Å². The second-order valence-electron chi connectivity index (χ2n) is 4.32. The Balaban J connectivity index is 2.20. The Hall–Kier alpha value is -1.67. The molecule has 1 atom stereocenters. The molecule has 19 heavy (non-hydrogen) atoms. The molecule has 104 valence electrons. The first-order valence-electron chi connectivity index (χ1n) is 5.74. The van der Waals surface area contributed by atoms with E-state index in [2.05, 4.69) is 10.6 Å². The van der Waals surface area contributed by atoms with Gasteiger partial charge in [0.05, 0.1) is 10.6 Å². The van der Waals surface area contributed by atoms with Crippen molar-refractivity contribution in [2.24, 2.45) is 5.14 Å². The van der Waals surface area contributed by atoms with Crippen LogP contribution in [0.25, 0.3) is 0 Å². The number of hydrogen-bond donors (Lipinski definition) is 3. The number of primary sulfonamides is 1. The number of amides is 1. The number of carbonyl (C=O) groups is 1. The van der Waals surface area contributed by atoms with Crippen LogP contribution in [-0.2, 0) is 14.8 Å². The molecule has 0 bridgehead atoms. The van der Waals surface area contributed by atoms with Gasteiger partial charge in [0, 0.05) is 6.54 Å². The fraction of sp³-hybridized carbons (Fsp3) is 0.364. The maximum Gasteiger partial charge on any atom is 0.242 e. The lowest BCUT2D eigenvalue weighted by molar-refractivity contribution is -0.123. The molecule has 0 spiro atoms. The summed E-state index contributed by atoms with van der Waals surface area (Å²) in [6, 6.07) is 2.78. The van der Waals surface area contributed by atoms with E-state index in [1.54, 1.807) is 0 Å². The van der Waals surface area contributed by atoms with E-state index in [1.165, 1.54) is 12.1 Å². The lowest BCUT2D eigenvalue weighted by Gasteiger charge is -2.23. The predicted octanol–water partition coefficient (Wildman–Crippen LogP) is 0.164. The van der Waals surface area contributed by atoms with E-state index in [-0.39, 0.29) is 16.5 Å². The quantitative estimate of drug-likeness (QED) is 0.737. The van der Waals surface area contributed by atoms with Crippen LogP contribution in [0.15, 0.2) is 23.1 Å². The van der Waals surface area contributed by atoms with Gasteiger partial charge in [-0.3, -0.25) is 4.79 Å². The van der Waals surface area contributed by atoms with Crippen LogP contribution < -0.4 is 15.8 Å². The van der Waals surface area contributed by atoms with Crippen LogP contribution in [0.5, 0.6) is 0 Å². The van der Waals surface area contributed by atoms with E-state index < -0.39 is 21.9 Å². The SMILES string of the molecule is NS(=O)(=O)c1ccc(NC2CCCNC2=O)c(F)c1. The molecule has 1 aromatic carbocycles. The predicted molar refractivity (Wildman–Crippen MR) is 67.4 cm³/mol. The minimum atomic E-state index is -3.93. The van der Waals surface area contributed by atoms with Crippen molar-refractivity contribution >= 4 is 21.6 Å². The molecule has 0 aliphatic carbocycles. The van der Waals surface area contributed by atoms with Gasteiger partial charge in [0.1, 0.15) is 11.9 Å². The maximum absolute atomic E-state index is 13.7. The van der Waals surface area contributed by atoms with Crippen LogP contribution in [0.3, 0.4) is 0 Å². The highest BCUT2D eigenvalue weighted by Crippen LogP contribution is 2.20. The average Bonchev–Trinajstić information content (AvgIpc) is 2.33. The summed E-state index contributed by atoms with van der Waals surface area (Å²) in [5.74, 6) is -0.953. The molecule has 6 nitrogen and oxygen atoms in total. The highest BCUT2D eigenvalue weighted by Gasteiger charge is 2.23. The lowest BCUT2D eigenvalue weighted by atomic mass is 10.1. The Labute approximate surface area is 110 Å². The molecule has 1 aromatic rings. The summed E-state index contributed by atoms with van der Waals surface area (Å²) >= 11 is 0. The van der Waals surface area contributed by atoms with Gasteiger partial charge in [-0.15, -0.1) is 0 Å². The van der Waals surface area contributed by atoms with Crippen molar-refractivity contribution in [1.82, 2.24) is 5.32 Å². The van der Waals surface area contributed by atoms with E-state index >= 15 is 0 Å². The topological polar surface area (TPSA) is 101 Å². The molecule has 1 aliphatic heterocycles. The lowest BCUT2D eigenvalue weighted by Crippen LogP contribution is -2.44. The van der Waals surface area contributed by atoms with Crippen molar-refractivity contribution in [2.45, 2.75) is 23.8 Å². The molecular formula is C11H14FN3O3S. The largest absolute Gasteiger partial charge is 0.371 e. The van der Waals surface area contributed by atoms with Crippen LogP contribution >= 0.6 is 0 Å². The van der Waals surface area contributed by atoms with E-state index in [0.717, 1.165) is 12.5 Å². The van der Waals surface area contributed by atoms with E-state index in [4.69, 9.17) is 5.14 Å². The fourth-order valence-corrected chi connectivity index (χ4v) is 2.41. The van der Waals surface area contributed by atoms with E-state index in [1.807, 2.05) is 0 Å². The van der Waals surface area contributed by atoms with Gasteiger partial charge in [0.15, 0.2) is 0 Å². The third-order valence-corrected chi connectivity index (χ3v) is 3.80. The highest BCUT2D eigenvalue weighted by molar-refractivity contribution is 7.89. The molecule has 1 amide bonds. The molecular weight excluding hydrogens is 273 g/mol. The summed E-state index contributed by atoms with van der Waals surface area (Å²) in [6.45, 7) is 0.615. The molecule has 1 heterocycles. The number of rotatable bonds is 3. The summed E-state index contributed by atoms with van der Waals surface area (Å²) in [4.78, 5) is 11.2. The maximum atomic E-state index is 13.7. The second-order valence-corrected chi connectivity index (χ2v) is 5.88. The summed E-state index contributed by atoms with van der Waals surface area (Å²) < 4.78 is 35.9. The van der Waals surface area contributed by atoms with E-state index in [0.29, 0.717) is 13.0 Å². The van der Waals surface area contributed by atoms with Gasteiger partial charge in [-0.1, -0.05) is 0 Å². The number of nitrogens with two attached hydrogens (primary N) is 1. The zero-order valence-electron chi connectivity index (χ0n) is 10.0. The van der Waals surface area contributed by atoms with Crippen molar-refractivity contribution in [3.8, 4) is 0 Å². The second kappa shape index (κ2) is 5.14. The molecule has 0 aromatic heterocycles. The normalized spacial score (nSPS) is 19.9. The average molecular weight is 287 g/mol. The monoisotopic (exact) mass is 287 g/mol. The van der Waals surface area contributed by atoms with Crippen LogP contribution in [-0.4, -0.2) is 26.9 Å². The number of piperidine rings is 1. The van der Waals surface area contributed by atoms with Crippen molar-refractivity contribution in [1.29, 1.82) is 0 Å². The Bertz CT molecular complexity index is 603. The number of anilines is 1. The first kappa shape index (κ1) is 13.8. The molecule has 4 N–H and O–H groups in total. The first-order chi connectivity index (χ1) is 8.88. The number of nitrogens with one attached hydrogen (secondary N) is 2. The minimum Gasteiger partial charge on any atom is -0.371 e. The van der Waals surface area contributed by atoms with Crippen molar-refractivity contribution < 1.29 is 17.6 Å². The highest BCUT2D eigenvalue weighted by atomic mass is 32.2. The van der Waals surface area contributed by atoms with Crippen molar-refractivity contribution in [3.63, 3.8) is 0 Å². The summed E-state index contributed by atoms with van der Waals surface area (Å²) in [6.07, 6.45) is 1.41. The van der Waals surface area contributed by atoms with Gasteiger partial charge < -0.3 is 10.6 Å². The van der Waals surface area contributed by atoms with Gasteiger partial charge >= 0.3 is 0 Å². The first-order valence-corrected chi connectivity index (χ1v) is 7.29. The third kappa shape index (κ3) is 3.21. The zero-order chi connectivity index (χ0) is 14.0. The van der Waals surface area contributed by atoms with Gasteiger partial charge in [-0.05, 0) is 31.0 Å². The van der Waals surface area contributed by atoms with Crippen LogP contribution in [0.1, 0.15) is 12.8 Å². The summed E-state index contributed by atoms with van der Waals surface area (Å²) in [5.41, 5.74) is 0.0782. The Morgan fingerprint density at radius 1 is 1.42 bits per heavy atom. The molecule has 0 saturated carbocycles. The summed E-state index contributed by atoms with van der Waals surface area (Å²) in [7, 11) is -3.93. The van der Waals surface area contributed by atoms with Gasteiger partial charge in [0.2, 0.25) is 15.9 Å². The molecule has 2 rings (SSSR count). The fourth-order valence-electron chi connectivity index (χ4n) is 1.89. The van der Waals surface area contributed by atoms with Crippen molar-refractivity contribution in [3.05, 3.63) is 24.0 Å². The van der Waals surface area contributed by atoms with Gasteiger partial charge in [-0.25, -0.2) is 17.9 Å². The van der Waals surface area contributed by atoms with Crippen LogP contribution in [0, 0.1) is 5.82 Å². The van der Waals surface area contributed by atoms with Crippen LogP contribution in [0.4, 0.5) is 10.1 Å². The number of sulfonamides is 1. The Morgan fingerprint density at radius 3 is 2.74 bits per heavy atom. The van der Waals surface area contributed by atoms with E-state index in [9.17, 15) is 17.6 Å². The van der Waals surface area contributed by atoms with Crippen LogP contribution in [0.2, 0.25) is 0 Å². The smallest absolute Gasteiger partial charge is 0.242 e. The number of hydrogen-bond acceptors (Lipinski definition) is 4. The number of halogens is 1. The minimum absolute atomic E-state index is 0.0782. The van der Waals surface area contributed by atoms with Crippen molar-refractivity contribution in [2.75, 3.05) is 11.9 Å². The Morgan fingerprint density at radius 2 is 2.16 bits per heavy atom. The Kier molecular flexibility index (Phi) is 3.72. The standard InChI is InChI=1S/C11H14FN3O3S/c12-8-6-7(19(13,17)18)3-4-9(8)15-10-2-1-5-14-11(10)16/h3-4,6,10,15H,1-2,5H2,(H,14,16)(H2,13,17,18). The molecule has 8 heteroatoms.